The molecule has 1 aromatic carbocycles. The van der Waals surface area contributed by atoms with Gasteiger partial charge in [0.25, 0.3) is 0 Å². The zero-order chi connectivity index (χ0) is 17.9. The van der Waals surface area contributed by atoms with Crippen LogP contribution in [-0.2, 0) is 17.8 Å². The largest absolute Gasteiger partial charge is 0.393 e. The van der Waals surface area contributed by atoms with Crippen LogP contribution < -0.4 is 5.32 Å². The Balaban J connectivity index is 1.45. The Hall–Kier alpha value is -2.73. The van der Waals surface area contributed by atoms with E-state index >= 15 is 0 Å². The summed E-state index contributed by atoms with van der Waals surface area (Å²) in [5.74, 6) is 0.242. The number of amides is 1. The van der Waals surface area contributed by atoms with E-state index in [0.29, 0.717) is 6.42 Å². The summed E-state index contributed by atoms with van der Waals surface area (Å²) < 4.78 is 1.86. The van der Waals surface area contributed by atoms with E-state index in [2.05, 4.69) is 15.3 Å². The average Bonchev–Trinajstić information content (AvgIpc) is 3.02. The molecule has 0 radical (unpaired) electrons. The fraction of sp³-hybridized carbons (Fsp3) is 0.350. The molecule has 3 aromatic rings. The van der Waals surface area contributed by atoms with E-state index in [1.807, 2.05) is 47.0 Å². The van der Waals surface area contributed by atoms with Crippen LogP contribution in [0.4, 0.5) is 0 Å². The molecule has 2 N–H and O–H groups in total. The van der Waals surface area contributed by atoms with Gasteiger partial charge in [0.2, 0.25) is 5.91 Å². The van der Waals surface area contributed by atoms with Crippen LogP contribution in [0.3, 0.4) is 0 Å². The second-order valence-corrected chi connectivity index (χ2v) is 6.95. The molecule has 0 bridgehead atoms. The maximum Gasteiger partial charge on any atom is 0.240 e. The van der Waals surface area contributed by atoms with Crippen molar-refractivity contribution in [3.8, 4) is 0 Å². The number of carbonyl (C=O) groups excluding carboxylic acids is 1. The Morgan fingerprint density at radius 1 is 1.19 bits per heavy atom. The maximum atomic E-state index is 12.6. The third-order valence-corrected chi connectivity index (χ3v) is 5.06. The fourth-order valence-corrected chi connectivity index (χ4v) is 3.58. The van der Waals surface area contributed by atoms with Crippen LogP contribution in [-0.4, -0.2) is 37.7 Å². The molecule has 1 fully saturated rings. The Bertz CT molecular complexity index is 887. The number of carbonyl (C=O) groups is 1. The second-order valence-electron chi connectivity index (χ2n) is 6.95. The molecule has 2 aromatic heterocycles. The normalized spacial score (nSPS) is 20.5. The summed E-state index contributed by atoms with van der Waals surface area (Å²) in [6, 6.07) is 13.6. The second kappa shape index (κ2) is 7.25. The van der Waals surface area contributed by atoms with Crippen LogP contribution in [0.2, 0.25) is 0 Å². The van der Waals surface area contributed by atoms with Gasteiger partial charge < -0.3 is 15.0 Å². The summed E-state index contributed by atoms with van der Waals surface area (Å²) in [6.07, 6.45) is 5.35. The van der Waals surface area contributed by atoms with E-state index in [-0.39, 0.29) is 30.5 Å². The molecule has 1 unspecified atom stereocenters. The Morgan fingerprint density at radius 3 is 2.77 bits per heavy atom. The number of fused-ring (bicyclic) bond motifs is 1. The number of para-hydroxylation sites is 2. The van der Waals surface area contributed by atoms with E-state index in [1.54, 1.807) is 12.5 Å². The fourth-order valence-electron chi connectivity index (χ4n) is 3.58. The molecule has 1 aliphatic rings. The van der Waals surface area contributed by atoms with Crippen molar-refractivity contribution >= 4 is 16.9 Å². The summed E-state index contributed by atoms with van der Waals surface area (Å²) >= 11 is 0. The minimum Gasteiger partial charge on any atom is -0.393 e. The summed E-state index contributed by atoms with van der Waals surface area (Å²) in [5.41, 5.74) is 2.78. The lowest BCUT2D eigenvalue weighted by atomic mass is 9.76. The molecular formula is C20H22N4O2. The number of nitrogens with one attached hydrogen (secondary N) is 1. The smallest absolute Gasteiger partial charge is 0.240 e. The van der Waals surface area contributed by atoms with Crippen molar-refractivity contribution in [1.82, 2.24) is 19.9 Å². The number of rotatable bonds is 6. The van der Waals surface area contributed by atoms with Gasteiger partial charge in [-0.25, -0.2) is 4.98 Å². The van der Waals surface area contributed by atoms with Crippen molar-refractivity contribution in [3.05, 3.63) is 60.7 Å². The SMILES string of the molecule is O=C(Cn1cnc2ccccc21)NC(Cc1ccccn1)C1CC(O)C1. The highest BCUT2D eigenvalue weighted by molar-refractivity contribution is 5.80. The third-order valence-electron chi connectivity index (χ3n) is 5.06. The van der Waals surface area contributed by atoms with Crippen molar-refractivity contribution in [2.75, 3.05) is 0 Å². The standard InChI is InChI=1S/C20H22N4O2/c25-16-9-14(10-16)18(11-15-5-3-4-8-21-15)23-20(26)12-24-13-22-17-6-1-2-7-19(17)24/h1-8,13-14,16,18,25H,9-12H2,(H,23,26). The van der Waals surface area contributed by atoms with Crippen LogP contribution >= 0.6 is 0 Å². The van der Waals surface area contributed by atoms with Gasteiger partial charge in [0.05, 0.1) is 23.5 Å². The zero-order valence-corrected chi connectivity index (χ0v) is 14.5. The quantitative estimate of drug-likeness (QED) is 0.712. The topological polar surface area (TPSA) is 80.0 Å². The zero-order valence-electron chi connectivity index (χ0n) is 14.5. The number of imidazole rings is 1. The number of nitrogens with zero attached hydrogens (tertiary/aromatic N) is 3. The van der Waals surface area contributed by atoms with Gasteiger partial charge >= 0.3 is 0 Å². The first-order chi connectivity index (χ1) is 12.7. The summed E-state index contributed by atoms with van der Waals surface area (Å²) in [6.45, 7) is 0.231. The first-order valence-electron chi connectivity index (χ1n) is 8.96. The summed E-state index contributed by atoms with van der Waals surface area (Å²) in [5, 5.41) is 12.8. The molecule has 1 atom stereocenters. The molecule has 134 valence electrons. The van der Waals surface area contributed by atoms with Crippen LogP contribution in [0.25, 0.3) is 11.0 Å². The minimum absolute atomic E-state index is 0.0180. The molecule has 1 amide bonds. The first kappa shape index (κ1) is 16.7. The number of pyridine rings is 1. The van der Waals surface area contributed by atoms with Crippen molar-refractivity contribution in [3.63, 3.8) is 0 Å². The van der Waals surface area contributed by atoms with E-state index in [9.17, 15) is 9.90 Å². The number of aliphatic hydroxyl groups is 1. The Labute approximate surface area is 151 Å². The summed E-state index contributed by atoms with van der Waals surface area (Å²) in [4.78, 5) is 21.3. The predicted octanol–water partition coefficient (Wildman–Crippen LogP) is 1.93. The number of aromatic nitrogens is 3. The van der Waals surface area contributed by atoms with Gasteiger partial charge in [-0.1, -0.05) is 18.2 Å². The first-order valence-corrected chi connectivity index (χ1v) is 8.96. The van der Waals surface area contributed by atoms with Crippen molar-refractivity contribution in [1.29, 1.82) is 0 Å². The molecule has 4 rings (SSSR count). The van der Waals surface area contributed by atoms with Gasteiger partial charge in [-0.15, -0.1) is 0 Å². The maximum absolute atomic E-state index is 12.6. The number of benzene rings is 1. The molecule has 2 heterocycles. The molecule has 26 heavy (non-hydrogen) atoms. The van der Waals surface area contributed by atoms with Crippen LogP contribution in [0.5, 0.6) is 0 Å². The number of hydrogen-bond donors (Lipinski definition) is 2. The van der Waals surface area contributed by atoms with Crippen LogP contribution in [0.1, 0.15) is 18.5 Å². The van der Waals surface area contributed by atoms with Crippen LogP contribution in [0.15, 0.2) is 55.0 Å². The van der Waals surface area contributed by atoms with E-state index in [0.717, 1.165) is 29.6 Å². The average molecular weight is 350 g/mol. The van der Waals surface area contributed by atoms with E-state index < -0.39 is 0 Å². The number of aliphatic hydroxyl groups excluding tert-OH is 1. The lowest BCUT2D eigenvalue weighted by Gasteiger charge is -2.38. The molecule has 0 aliphatic heterocycles. The lowest BCUT2D eigenvalue weighted by molar-refractivity contribution is -0.123. The van der Waals surface area contributed by atoms with Gasteiger partial charge in [0.1, 0.15) is 6.54 Å². The van der Waals surface area contributed by atoms with Gasteiger partial charge in [0, 0.05) is 24.4 Å². The van der Waals surface area contributed by atoms with E-state index in [4.69, 9.17) is 0 Å². The molecule has 1 aliphatic carbocycles. The van der Waals surface area contributed by atoms with Crippen molar-refractivity contribution in [2.45, 2.75) is 38.0 Å². The van der Waals surface area contributed by atoms with Gasteiger partial charge in [-0.3, -0.25) is 9.78 Å². The molecule has 1 saturated carbocycles. The van der Waals surface area contributed by atoms with Crippen molar-refractivity contribution < 1.29 is 9.90 Å². The molecule has 6 nitrogen and oxygen atoms in total. The van der Waals surface area contributed by atoms with Gasteiger partial charge in [-0.2, -0.15) is 0 Å². The van der Waals surface area contributed by atoms with Gasteiger partial charge in [-0.05, 0) is 43.0 Å². The van der Waals surface area contributed by atoms with Crippen molar-refractivity contribution in [2.24, 2.45) is 5.92 Å². The highest BCUT2D eigenvalue weighted by Gasteiger charge is 2.35. The highest BCUT2D eigenvalue weighted by atomic mass is 16.3. The highest BCUT2D eigenvalue weighted by Crippen LogP contribution is 2.31. The minimum atomic E-state index is -0.249. The monoisotopic (exact) mass is 350 g/mol. The summed E-state index contributed by atoms with van der Waals surface area (Å²) in [7, 11) is 0. The number of hydrogen-bond acceptors (Lipinski definition) is 4. The Morgan fingerprint density at radius 2 is 2.00 bits per heavy atom. The third kappa shape index (κ3) is 3.60. The molecule has 0 saturated heterocycles. The van der Waals surface area contributed by atoms with Crippen LogP contribution in [0, 0.1) is 5.92 Å². The molecular weight excluding hydrogens is 328 g/mol. The predicted molar refractivity (Wildman–Crippen MR) is 98.3 cm³/mol. The molecule has 0 spiro atoms. The Kier molecular flexibility index (Phi) is 4.67. The van der Waals surface area contributed by atoms with E-state index in [1.165, 1.54) is 0 Å². The van der Waals surface area contributed by atoms with Gasteiger partial charge in [0.15, 0.2) is 0 Å². The lowest BCUT2D eigenvalue weighted by Crippen LogP contribution is -2.49. The molecule has 6 heteroatoms.